The van der Waals surface area contributed by atoms with Gasteiger partial charge in [0.2, 0.25) is 0 Å². The van der Waals surface area contributed by atoms with Crippen molar-refractivity contribution in [3.8, 4) is 0 Å². The quantitative estimate of drug-likeness (QED) is 0.532. The molecule has 1 saturated heterocycles. The SMILES string of the molecule is CCOC(=O)OC(C)CC(=O)ON1C(=O)CCC1=O. The first-order chi connectivity index (χ1) is 8.93. The average Bonchev–Trinajstić information content (AvgIpc) is 2.60. The molecule has 1 unspecified atom stereocenters. The van der Waals surface area contributed by atoms with E-state index in [9.17, 15) is 19.2 Å². The second-order valence-electron chi connectivity index (χ2n) is 3.86. The molecule has 106 valence electrons. The third-order valence-electron chi connectivity index (χ3n) is 2.21. The standard InChI is InChI=1S/C11H15NO7/c1-3-17-11(16)18-7(2)6-10(15)19-12-8(13)4-5-9(12)14/h7H,3-6H2,1-2H3. The van der Waals surface area contributed by atoms with Gasteiger partial charge < -0.3 is 14.3 Å². The molecule has 1 fully saturated rings. The Bertz CT molecular complexity index is 377. The topological polar surface area (TPSA) is 99.2 Å². The molecule has 1 heterocycles. The van der Waals surface area contributed by atoms with Gasteiger partial charge in [0.1, 0.15) is 6.10 Å². The van der Waals surface area contributed by atoms with E-state index in [1.54, 1.807) is 6.92 Å². The monoisotopic (exact) mass is 273 g/mol. The van der Waals surface area contributed by atoms with E-state index in [4.69, 9.17) is 4.74 Å². The van der Waals surface area contributed by atoms with Crippen molar-refractivity contribution in [3.63, 3.8) is 0 Å². The minimum atomic E-state index is -0.892. The van der Waals surface area contributed by atoms with Crippen LogP contribution in [0.25, 0.3) is 0 Å². The smallest absolute Gasteiger partial charge is 0.435 e. The van der Waals surface area contributed by atoms with Crippen molar-refractivity contribution in [2.75, 3.05) is 6.61 Å². The summed E-state index contributed by atoms with van der Waals surface area (Å²) in [5.74, 6) is -1.95. The molecule has 19 heavy (non-hydrogen) atoms. The molecule has 0 spiro atoms. The average molecular weight is 273 g/mol. The number of carbonyl (C=O) groups excluding carboxylic acids is 4. The van der Waals surface area contributed by atoms with E-state index in [0.717, 1.165) is 0 Å². The highest BCUT2D eigenvalue weighted by Crippen LogP contribution is 2.13. The number of hydrogen-bond acceptors (Lipinski definition) is 7. The number of ether oxygens (including phenoxy) is 2. The van der Waals surface area contributed by atoms with Gasteiger partial charge in [0.05, 0.1) is 13.0 Å². The van der Waals surface area contributed by atoms with E-state index in [1.807, 2.05) is 0 Å². The number of carbonyl (C=O) groups is 4. The number of imide groups is 1. The van der Waals surface area contributed by atoms with Gasteiger partial charge in [-0.05, 0) is 13.8 Å². The van der Waals surface area contributed by atoms with Crippen LogP contribution in [0.3, 0.4) is 0 Å². The van der Waals surface area contributed by atoms with Gasteiger partial charge in [-0.15, -0.1) is 5.06 Å². The van der Waals surface area contributed by atoms with E-state index < -0.39 is 30.0 Å². The third kappa shape index (κ3) is 4.57. The number of amides is 2. The van der Waals surface area contributed by atoms with E-state index in [-0.39, 0.29) is 25.9 Å². The molecular weight excluding hydrogens is 258 g/mol. The maximum atomic E-state index is 11.4. The Morgan fingerprint density at radius 3 is 2.37 bits per heavy atom. The van der Waals surface area contributed by atoms with Crippen molar-refractivity contribution >= 4 is 23.9 Å². The fourth-order valence-corrected chi connectivity index (χ4v) is 1.39. The molecule has 0 aliphatic carbocycles. The highest BCUT2D eigenvalue weighted by Gasteiger charge is 2.33. The zero-order valence-electron chi connectivity index (χ0n) is 10.7. The number of hydroxylamine groups is 2. The van der Waals surface area contributed by atoms with Crippen LogP contribution in [0.5, 0.6) is 0 Å². The predicted octanol–water partition coefficient (Wildman–Crippen LogP) is 0.545. The summed E-state index contributed by atoms with van der Waals surface area (Å²) in [6.45, 7) is 3.24. The zero-order valence-corrected chi connectivity index (χ0v) is 10.7. The molecule has 0 bridgehead atoms. The van der Waals surface area contributed by atoms with Crippen LogP contribution in [-0.2, 0) is 28.7 Å². The van der Waals surface area contributed by atoms with Crippen molar-refractivity contribution in [2.24, 2.45) is 0 Å². The largest absolute Gasteiger partial charge is 0.508 e. The van der Waals surface area contributed by atoms with Gasteiger partial charge in [-0.2, -0.15) is 0 Å². The molecule has 1 atom stereocenters. The first-order valence-corrected chi connectivity index (χ1v) is 5.84. The van der Waals surface area contributed by atoms with Crippen LogP contribution in [0.4, 0.5) is 4.79 Å². The van der Waals surface area contributed by atoms with Crippen LogP contribution in [0.15, 0.2) is 0 Å². The van der Waals surface area contributed by atoms with Crippen molar-refractivity contribution < 1.29 is 33.5 Å². The fourth-order valence-electron chi connectivity index (χ4n) is 1.39. The van der Waals surface area contributed by atoms with Gasteiger partial charge in [-0.1, -0.05) is 0 Å². The lowest BCUT2D eigenvalue weighted by Crippen LogP contribution is -2.33. The van der Waals surface area contributed by atoms with Gasteiger partial charge in [0.15, 0.2) is 0 Å². The Morgan fingerprint density at radius 2 is 1.84 bits per heavy atom. The fraction of sp³-hybridized carbons (Fsp3) is 0.636. The number of nitrogens with zero attached hydrogens (tertiary/aromatic N) is 1. The Labute approximate surface area is 109 Å². The Balaban J connectivity index is 2.36. The summed E-state index contributed by atoms with van der Waals surface area (Å²) < 4.78 is 9.26. The number of rotatable bonds is 5. The van der Waals surface area contributed by atoms with E-state index in [1.165, 1.54) is 6.92 Å². The molecule has 0 aromatic heterocycles. The summed E-state index contributed by atoms with van der Waals surface area (Å²) in [6.07, 6.45) is -1.90. The molecule has 0 aromatic carbocycles. The van der Waals surface area contributed by atoms with Gasteiger partial charge >= 0.3 is 12.1 Å². The normalized spacial score (nSPS) is 16.2. The lowest BCUT2D eigenvalue weighted by molar-refractivity contribution is -0.198. The van der Waals surface area contributed by atoms with Gasteiger partial charge in [0.25, 0.3) is 11.8 Å². The van der Waals surface area contributed by atoms with Crippen molar-refractivity contribution in [2.45, 2.75) is 39.2 Å². The lowest BCUT2D eigenvalue weighted by atomic mass is 10.3. The summed E-state index contributed by atoms with van der Waals surface area (Å²) in [7, 11) is 0. The molecule has 0 aromatic rings. The van der Waals surface area contributed by atoms with E-state index in [0.29, 0.717) is 5.06 Å². The van der Waals surface area contributed by atoms with E-state index >= 15 is 0 Å². The summed E-state index contributed by atoms with van der Waals surface area (Å²) in [6, 6.07) is 0. The second-order valence-corrected chi connectivity index (χ2v) is 3.86. The van der Waals surface area contributed by atoms with Crippen LogP contribution < -0.4 is 0 Å². The summed E-state index contributed by atoms with van der Waals surface area (Å²) in [5.41, 5.74) is 0. The lowest BCUT2D eigenvalue weighted by Gasteiger charge is -2.15. The zero-order chi connectivity index (χ0) is 14.4. The third-order valence-corrected chi connectivity index (χ3v) is 2.21. The summed E-state index contributed by atoms with van der Waals surface area (Å²) in [5, 5.41) is 0.444. The Kier molecular flexibility index (Phi) is 5.28. The molecule has 2 amide bonds. The second kappa shape index (κ2) is 6.72. The van der Waals surface area contributed by atoms with Gasteiger partial charge in [0, 0.05) is 12.8 Å². The van der Waals surface area contributed by atoms with Crippen LogP contribution in [0.2, 0.25) is 0 Å². The predicted molar refractivity (Wildman–Crippen MR) is 59.4 cm³/mol. The molecule has 0 saturated carbocycles. The first-order valence-electron chi connectivity index (χ1n) is 5.84. The molecule has 1 rings (SSSR count). The molecule has 1 aliphatic heterocycles. The Morgan fingerprint density at radius 1 is 1.26 bits per heavy atom. The Hall–Kier alpha value is -2.12. The number of hydrogen-bond donors (Lipinski definition) is 0. The highest BCUT2D eigenvalue weighted by atomic mass is 16.7. The maximum Gasteiger partial charge on any atom is 0.508 e. The highest BCUT2D eigenvalue weighted by molar-refractivity contribution is 6.01. The van der Waals surface area contributed by atoms with Crippen LogP contribution in [-0.4, -0.2) is 41.7 Å². The molecule has 0 N–H and O–H groups in total. The summed E-state index contributed by atoms with van der Waals surface area (Å²) >= 11 is 0. The van der Waals surface area contributed by atoms with Crippen molar-refractivity contribution in [1.29, 1.82) is 0 Å². The van der Waals surface area contributed by atoms with Crippen LogP contribution in [0.1, 0.15) is 33.1 Å². The molecule has 0 radical (unpaired) electrons. The van der Waals surface area contributed by atoms with Crippen LogP contribution >= 0.6 is 0 Å². The molecule has 1 aliphatic rings. The van der Waals surface area contributed by atoms with E-state index in [2.05, 4.69) is 9.57 Å². The van der Waals surface area contributed by atoms with Gasteiger partial charge in [-0.3, -0.25) is 9.59 Å². The first kappa shape index (κ1) is 14.9. The molecule has 8 nitrogen and oxygen atoms in total. The molecular formula is C11H15NO7. The van der Waals surface area contributed by atoms with Gasteiger partial charge in [-0.25, -0.2) is 9.59 Å². The maximum absolute atomic E-state index is 11.4. The minimum absolute atomic E-state index is 0.0288. The van der Waals surface area contributed by atoms with Crippen LogP contribution in [0, 0.1) is 0 Å². The van der Waals surface area contributed by atoms with Crippen molar-refractivity contribution in [3.05, 3.63) is 0 Å². The van der Waals surface area contributed by atoms with Crippen molar-refractivity contribution in [1.82, 2.24) is 5.06 Å². The minimum Gasteiger partial charge on any atom is -0.435 e. The summed E-state index contributed by atoms with van der Waals surface area (Å²) in [4.78, 5) is 49.4. The molecule has 8 heteroatoms.